The molecule has 2 aromatic heterocycles. The zero-order valence-electron chi connectivity index (χ0n) is 17.2. The van der Waals surface area contributed by atoms with E-state index in [0.29, 0.717) is 15.8 Å². The Bertz CT molecular complexity index is 1050. The molecular weight excluding hydrogens is 389 g/mol. The Morgan fingerprint density at radius 2 is 1.79 bits per heavy atom. The minimum absolute atomic E-state index is 0.0465. The van der Waals surface area contributed by atoms with Gasteiger partial charge in [-0.15, -0.1) is 11.3 Å². The molecule has 2 atom stereocenters. The van der Waals surface area contributed by atoms with E-state index in [2.05, 4.69) is 4.98 Å². The number of carbonyl (C=O) groups is 1. The van der Waals surface area contributed by atoms with Gasteiger partial charge in [0.2, 0.25) is 5.91 Å². The molecule has 2 heterocycles. The fourth-order valence-electron chi connectivity index (χ4n) is 3.47. The van der Waals surface area contributed by atoms with Crippen LogP contribution in [0, 0.1) is 5.82 Å². The number of aromatic nitrogens is 2. The van der Waals surface area contributed by atoms with Gasteiger partial charge in [0.1, 0.15) is 17.2 Å². The number of amides is 1. The monoisotopic (exact) mass is 415 g/mol. The molecule has 0 bridgehead atoms. The second-order valence-corrected chi connectivity index (χ2v) is 8.19. The molecule has 0 saturated heterocycles. The molecule has 0 aliphatic rings. The van der Waals surface area contributed by atoms with E-state index in [9.17, 15) is 14.0 Å². The molecule has 0 aliphatic heterocycles. The van der Waals surface area contributed by atoms with Gasteiger partial charge in [0.05, 0.1) is 11.7 Å². The van der Waals surface area contributed by atoms with Crippen LogP contribution >= 0.6 is 11.3 Å². The first-order chi connectivity index (χ1) is 13.9. The molecule has 29 heavy (non-hydrogen) atoms. The summed E-state index contributed by atoms with van der Waals surface area (Å²) in [7, 11) is 0. The van der Waals surface area contributed by atoms with Crippen LogP contribution in [0.25, 0.3) is 21.3 Å². The highest BCUT2D eigenvalue weighted by atomic mass is 32.1. The summed E-state index contributed by atoms with van der Waals surface area (Å²) in [6.45, 7) is 8.11. The predicted molar refractivity (Wildman–Crippen MR) is 116 cm³/mol. The Morgan fingerprint density at radius 3 is 2.38 bits per heavy atom. The van der Waals surface area contributed by atoms with Crippen molar-refractivity contribution in [1.29, 1.82) is 0 Å². The third-order valence-corrected chi connectivity index (χ3v) is 6.33. The third kappa shape index (κ3) is 4.24. The average molecular weight is 416 g/mol. The first kappa shape index (κ1) is 21.2. The van der Waals surface area contributed by atoms with Crippen LogP contribution in [0.3, 0.4) is 0 Å². The normalized spacial score (nSPS) is 13.4. The van der Waals surface area contributed by atoms with Crippen molar-refractivity contribution >= 4 is 27.5 Å². The topological polar surface area (TPSA) is 55.2 Å². The Balaban J connectivity index is 1.99. The maximum atomic E-state index is 13.3. The van der Waals surface area contributed by atoms with E-state index in [0.717, 1.165) is 18.4 Å². The van der Waals surface area contributed by atoms with Gasteiger partial charge in [-0.3, -0.25) is 14.2 Å². The van der Waals surface area contributed by atoms with Gasteiger partial charge in [0.15, 0.2) is 0 Å². The van der Waals surface area contributed by atoms with E-state index in [-0.39, 0.29) is 35.9 Å². The summed E-state index contributed by atoms with van der Waals surface area (Å²) in [5.74, 6) is -0.417. The second-order valence-electron chi connectivity index (χ2n) is 7.33. The van der Waals surface area contributed by atoms with Gasteiger partial charge < -0.3 is 4.90 Å². The van der Waals surface area contributed by atoms with Crippen LogP contribution in [0.15, 0.2) is 40.8 Å². The highest BCUT2D eigenvalue weighted by Gasteiger charge is 2.24. The molecule has 0 radical (unpaired) electrons. The number of hydrogen-bond acceptors (Lipinski definition) is 4. The molecule has 0 N–H and O–H groups in total. The van der Waals surface area contributed by atoms with Crippen molar-refractivity contribution in [3.63, 3.8) is 0 Å². The number of fused-ring (bicyclic) bond motifs is 1. The van der Waals surface area contributed by atoms with Gasteiger partial charge in [0.25, 0.3) is 5.56 Å². The zero-order chi connectivity index (χ0) is 21.1. The highest BCUT2D eigenvalue weighted by molar-refractivity contribution is 7.17. The van der Waals surface area contributed by atoms with Crippen molar-refractivity contribution in [2.24, 2.45) is 0 Å². The summed E-state index contributed by atoms with van der Waals surface area (Å²) in [6.07, 6.45) is 3.14. The van der Waals surface area contributed by atoms with Gasteiger partial charge in [-0.2, -0.15) is 0 Å². The van der Waals surface area contributed by atoms with E-state index >= 15 is 0 Å². The van der Waals surface area contributed by atoms with E-state index in [1.54, 1.807) is 12.1 Å². The number of thiophene rings is 1. The highest BCUT2D eigenvalue weighted by Crippen LogP contribution is 2.30. The van der Waals surface area contributed by atoms with Gasteiger partial charge >= 0.3 is 0 Å². The molecule has 0 fully saturated rings. The van der Waals surface area contributed by atoms with E-state index < -0.39 is 0 Å². The standard InChI is InChI=1S/C22H26FN3O2S/c1-5-14(3)26(15(4)6-2)19(27)11-25-13-24-21-20(22(25)28)18(12-29-21)16-7-9-17(23)10-8-16/h7-10,12-15H,5-6,11H2,1-4H3/t14-,15-/m0/s1. The molecule has 3 aromatic rings. The smallest absolute Gasteiger partial charge is 0.263 e. The Kier molecular flexibility index (Phi) is 6.47. The van der Waals surface area contributed by atoms with Crippen LogP contribution < -0.4 is 5.56 Å². The molecule has 3 rings (SSSR count). The predicted octanol–water partition coefficient (Wildman–Crippen LogP) is 4.69. The zero-order valence-corrected chi connectivity index (χ0v) is 18.0. The summed E-state index contributed by atoms with van der Waals surface area (Å²) in [6, 6.07) is 6.22. The molecule has 0 saturated carbocycles. The molecule has 154 valence electrons. The first-order valence-corrected chi connectivity index (χ1v) is 10.8. The van der Waals surface area contributed by atoms with E-state index in [1.165, 1.54) is 34.4 Å². The molecule has 0 aliphatic carbocycles. The molecule has 7 heteroatoms. The maximum Gasteiger partial charge on any atom is 0.263 e. The SMILES string of the molecule is CC[C@H](C)N(C(=O)Cn1cnc2scc(-c3ccc(F)cc3)c2c1=O)[C@@H](C)CC. The van der Waals surface area contributed by atoms with Crippen molar-refractivity contribution < 1.29 is 9.18 Å². The molecular formula is C22H26FN3O2S. The molecule has 1 amide bonds. The quantitative estimate of drug-likeness (QED) is 0.563. The van der Waals surface area contributed by atoms with Gasteiger partial charge in [-0.25, -0.2) is 9.37 Å². The number of hydrogen-bond donors (Lipinski definition) is 0. The lowest BCUT2D eigenvalue weighted by Crippen LogP contribution is -2.46. The molecule has 0 spiro atoms. The minimum atomic E-state index is -0.329. The number of carbonyl (C=O) groups excluding carboxylic acids is 1. The fraction of sp³-hybridized carbons (Fsp3) is 0.409. The number of halogens is 1. The van der Waals surface area contributed by atoms with Crippen molar-refractivity contribution in [2.75, 3.05) is 0 Å². The molecule has 0 unspecified atom stereocenters. The lowest BCUT2D eigenvalue weighted by atomic mass is 10.1. The van der Waals surface area contributed by atoms with Crippen LogP contribution in [-0.2, 0) is 11.3 Å². The first-order valence-electron chi connectivity index (χ1n) is 9.91. The minimum Gasteiger partial charge on any atom is -0.336 e. The van der Waals surface area contributed by atoms with Crippen molar-refractivity contribution in [2.45, 2.75) is 59.2 Å². The summed E-state index contributed by atoms with van der Waals surface area (Å²) in [5, 5.41) is 2.32. The van der Waals surface area contributed by atoms with Crippen molar-refractivity contribution in [3.8, 4) is 11.1 Å². The van der Waals surface area contributed by atoms with Crippen molar-refractivity contribution in [3.05, 3.63) is 52.1 Å². The number of nitrogens with zero attached hydrogens (tertiary/aromatic N) is 3. The summed E-state index contributed by atoms with van der Waals surface area (Å²) >= 11 is 1.36. The van der Waals surface area contributed by atoms with E-state index in [1.807, 2.05) is 38.0 Å². The molecule has 1 aromatic carbocycles. The lowest BCUT2D eigenvalue weighted by molar-refractivity contribution is -0.136. The lowest BCUT2D eigenvalue weighted by Gasteiger charge is -2.34. The van der Waals surface area contributed by atoms with Crippen molar-refractivity contribution in [1.82, 2.24) is 14.5 Å². The summed E-state index contributed by atoms with van der Waals surface area (Å²) in [5.41, 5.74) is 1.21. The van der Waals surface area contributed by atoms with Gasteiger partial charge in [-0.05, 0) is 44.4 Å². The maximum absolute atomic E-state index is 13.3. The van der Waals surface area contributed by atoms with Gasteiger partial charge in [-0.1, -0.05) is 26.0 Å². The number of benzene rings is 1. The number of rotatable bonds is 7. The summed E-state index contributed by atoms with van der Waals surface area (Å²) < 4.78 is 14.7. The third-order valence-electron chi connectivity index (χ3n) is 5.44. The molecule has 5 nitrogen and oxygen atoms in total. The van der Waals surface area contributed by atoms with Crippen LogP contribution in [0.5, 0.6) is 0 Å². The largest absolute Gasteiger partial charge is 0.336 e. The average Bonchev–Trinajstić information content (AvgIpc) is 3.15. The Labute approximate surface area is 173 Å². The Morgan fingerprint density at radius 1 is 1.17 bits per heavy atom. The van der Waals surface area contributed by atoms with Crippen LogP contribution in [0.4, 0.5) is 4.39 Å². The van der Waals surface area contributed by atoms with Crippen LogP contribution in [-0.4, -0.2) is 32.4 Å². The van der Waals surface area contributed by atoms with Crippen LogP contribution in [0.2, 0.25) is 0 Å². The van der Waals surface area contributed by atoms with Gasteiger partial charge in [0, 0.05) is 23.0 Å². The van der Waals surface area contributed by atoms with E-state index in [4.69, 9.17) is 0 Å². The summed E-state index contributed by atoms with van der Waals surface area (Å²) in [4.78, 5) is 33.1. The van der Waals surface area contributed by atoms with Crippen LogP contribution in [0.1, 0.15) is 40.5 Å². The second kappa shape index (κ2) is 8.86. The Hall–Kier alpha value is -2.54. The fourth-order valence-corrected chi connectivity index (χ4v) is 4.38.